The summed E-state index contributed by atoms with van der Waals surface area (Å²) in [6, 6.07) is 13.4. The van der Waals surface area contributed by atoms with Crippen LogP contribution in [-0.2, 0) is 19.2 Å². The Labute approximate surface area is 286 Å². The molecule has 0 bridgehead atoms. The van der Waals surface area contributed by atoms with Gasteiger partial charge in [-0.25, -0.2) is 0 Å². The zero-order valence-corrected chi connectivity index (χ0v) is 28.6. The van der Waals surface area contributed by atoms with Crippen LogP contribution in [0.4, 0.5) is 0 Å². The van der Waals surface area contributed by atoms with Gasteiger partial charge in [0.25, 0.3) is 23.6 Å². The number of hydrogen-bond donors (Lipinski definition) is 4. The molecule has 4 N–H and O–H groups in total. The largest absolute Gasteiger partial charge is 0.292 e. The van der Waals surface area contributed by atoms with Crippen LogP contribution in [0.15, 0.2) is 67.3 Å². The molecule has 6 amide bonds. The highest BCUT2D eigenvalue weighted by molar-refractivity contribution is 9.10. The van der Waals surface area contributed by atoms with E-state index < -0.39 is 35.4 Å². The summed E-state index contributed by atoms with van der Waals surface area (Å²) in [6.07, 6.45) is -0.354. The highest BCUT2D eigenvalue weighted by Gasteiger charge is 2.42. The maximum atomic E-state index is 13.1. The predicted octanol–water partition coefficient (Wildman–Crippen LogP) is 3.15. The number of hydrogen-bond acceptors (Lipinski definition) is 10. The molecule has 0 aliphatic carbocycles. The van der Waals surface area contributed by atoms with Gasteiger partial charge >= 0.3 is 0 Å². The number of thioether (sulfide) groups is 2. The Hall–Kier alpha value is -3.16. The number of nitrogens with one attached hydrogen (secondary N) is 4. The van der Waals surface area contributed by atoms with E-state index in [-0.39, 0.29) is 44.4 Å². The molecule has 0 aromatic heterocycles. The summed E-state index contributed by atoms with van der Waals surface area (Å²) in [6.45, 7) is -0.173. The smallest absolute Gasteiger partial charge is 0.270 e. The van der Waals surface area contributed by atoms with Crippen molar-refractivity contribution in [1.82, 2.24) is 31.5 Å². The molecule has 2 aromatic rings. The second-order valence-electron chi connectivity index (χ2n) is 8.77. The van der Waals surface area contributed by atoms with Crippen LogP contribution < -0.4 is 21.7 Å². The molecule has 2 aliphatic rings. The summed E-state index contributed by atoms with van der Waals surface area (Å²) in [5.41, 5.74) is 9.87. The zero-order chi connectivity index (χ0) is 32.0. The van der Waals surface area contributed by atoms with Crippen molar-refractivity contribution in [2.24, 2.45) is 0 Å². The molecule has 0 radical (unpaired) electrons. The van der Waals surface area contributed by atoms with Crippen LogP contribution in [0.25, 0.3) is 0 Å². The van der Waals surface area contributed by atoms with Crippen molar-refractivity contribution in [3.8, 4) is 0 Å². The molecule has 44 heavy (non-hydrogen) atoms. The molecule has 2 aromatic carbocycles. The second kappa shape index (κ2) is 15.2. The predicted molar refractivity (Wildman–Crippen MR) is 180 cm³/mol. The van der Waals surface area contributed by atoms with E-state index in [9.17, 15) is 28.8 Å². The van der Waals surface area contributed by atoms with Gasteiger partial charge in [-0.3, -0.25) is 60.3 Å². The molecular weight excluding hydrogens is 780 g/mol. The summed E-state index contributed by atoms with van der Waals surface area (Å²) in [5.74, 6) is -3.29. The molecule has 228 valence electrons. The molecule has 4 rings (SSSR count). The van der Waals surface area contributed by atoms with Gasteiger partial charge < -0.3 is 0 Å². The maximum Gasteiger partial charge on any atom is 0.270 e. The fraction of sp³-hybridized carbons (Fsp3) is 0.154. The van der Waals surface area contributed by atoms with E-state index in [0.717, 1.165) is 23.5 Å². The number of amides is 6. The van der Waals surface area contributed by atoms with Crippen molar-refractivity contribution >= 4 is 124 Å². The molecule has 0 unspecified atom stereocenters. The topological polar surface area (TPSA) is 157 Å². The van der Waals surface area contributed by atoms with Crippen LogP contribution in [0.5, 0.6) is 0 Å². The minimum Gasteiger partial charge on any atom is -0.292 e. The lowest BCUT2D eigenvalue weighted by Crippen LogP contribution is -2.43. The van der Waals surface area contributed by atoms with Gasteiger partial charge in [0, 0.05) is 34.9 Å². The van der Waals surface area contributed by atoms with Crippen LogP contribution >= 0.6 is 79.8 Å². The van der Waals surface area contributed by atoms with Gasteiger partial charge in [0.1, 0.15) is 8.64 Å². The molecule has 2 aliphatic heterocycles. The SMILES string of the molecule is O=C(CCN1C(=O)/C(=C2\SC(=S)N(CCC(=O)NNC(=O)c3ccccc3Br)C2=O)SC1=S)NNC(=O)c1ccccc1Br. The molecular formula is C26H20Br2N6O6S4. The summed E-state index contributed by atoms with van der Waals surface area (Å²) in [5, 5.41) is 0. The Bertz CT molecular complexity index is 1520. The van der Waals surface area contributed by atoms with E-state index in [0.29, 0.717) is 20.1 Å². The Morgan fingerprint density at radius 2 is 1.00 bits per heavy atom. The van der Waals surface area contributed by atoms with Gasteiger partial charge in [-0.2, -0.15) is 0 Å². The van der Waals surface area contributed by atoms with E-state index >= 15 is 0 Å². The Kier molecular flexibility index (Phi) is 11.7. The number of benzene rings is 2. The molecule has 18 heteroatoms. The van der Waals surface area contributed by atoms with E-state index in [2.05, 4.69) is 53.6 Å². The van der Waals surface area contributed by atoms with Crippen molar-refractivity contribution in [2.75, 3.05) is 13.1 Å². The lowest BCUT2D eigenvalue weighted by atomic mass is 10.2. The minimum absolute atomic E-state index is 0.0719. The first kappa shape index (κ1) is 33.7. The minimum atomic E-state index is -0.559. The first-order valence-electron chi connectivity index (χ1n) is 12.5. The fourth-order valence-electron chi connectivity index (χ4n) is 3.69. The molecule has 0 saturated carbocycles. The van der Waals surface area contributed by atoms with Crippen LogP contribution in [-0.4, -0.2) is 67.0 Å². The molecule has 0 atom stereocenters. The Morgan fingerprint density at radius 1 is 0.636 bits per heavy atom. The number of hydrazine groups is 2. The third-order valence-corrected chi connectivity index (χ3v) is 10.3. The van der Waals surface area contributed by atoms with Crippen molar-refractivity contribution in [2.45, 2.75) is 12.8 Å². The van der Waals surface area contributed by atoms with E-state index in [1.807, 2.05) is 0 Å². The summed E-state index contributed by atoms with van der Waals surface area (Å²) in [7, 11) is 0. The van der Waals surface area contributed by atoms with Gasteiger partial charge in [-0.1, -0.05) is 72.2 Å². The first-order chi connectivity index (χ1) is 21.0. The molecule has 2 heterocycles. The molecule has 2 fully saturated rings. The highest BCUT2D eigenvalue weighted by Crippen LogP contribution is 2.42. The van der Waals surface area contributed by atoms with Crippen molar-refractivity contribution < 1.29 is 28.8 Å². The average molecular weight is 801 g/mol. The molecule has 12 nitrogen and oxygen atoms in total. The molecule has 2 saturated heterocycles. The van der Waals surface area contributed by atoms with Crippen LogP contribution in [0.2, 0.25) is 0 Å². The standard InChI is InChI=1S/C26H20Br2N6O6S4/c27-15-7-3-1-5-13(15)21(37)31-29-17(35)9-11-33-23(39)19(43-25(33)41)20-24(40)34(26(42)44-20)12-10-18(36)30-32-22(38)14-6-2-4-8-16(14)28/h1-8H,9-12H2,(H,29,35)(H,30,36)(H,31,37)(H,32,38)/b20-19+. The monoisotopic (exact) mass is 798 g/mol. The van der Waals surface area contributed by atoms with Crippen LogP contribution in [0.3, 0.4) is 0 Å². The Balaban J connectivity index is 1.27. The average Bonchev–Trinajstić information content (AvgIpc) is 3.44. The number of carbonyl (C=O) groups excluding carboxylic acids is 6. The van der Waals surface area contributed by atoms with Crippen LogP contribution in [0, 0.1) is 0 Å². The van der Waals surface area contributed by atoms with E-state index in [1.54, 1.807) is 48.5 Å². The van der Waals surface area contributed by atoms with Gasteiger partial charge in [-0.15, -0.1) is 0 Å². The summed E-state index contributed by atoms with van der Waals surface area (Å²) >= 11 is 19.0. The van der Waals surface area contributed by atoms with Gasteiger partial charge in [-0.05, 0) is 56.1 Å². The van der Waals surface area contributed by atoms with Gasteiger partial charge in [0.05, 0.1) is 20.9 Å². The van der Waals surface area contributed by atoms with Crippen molar-refractivity contribution in [1.29, 1.82) is 0 Å². The van der Waals surface area contributed by atoms with Crippen molar-refractivity contribution in [3.63, 3.8) is 0 Å². The lowest BCUT2D eigenvalue weighted by molar-refractivity contribution is -0.126. The number of halogens is 2. The normalized spacial score (nSPS) is 16.3. The van der Waals surface area contributed by atoms with Crippen LogP contribution in [0.1, 0.15) is 33.6 Å². The third-order valence-electron chi connectivity index (χ3n) is 5.90. The van der Waals surface area contributed by atoms with Gasteiger partial charge in [0.15, 0.2) is 0 Å². The summed E-state index contributed by atoms with van der Waals surface area (Å²) in [4.78, 5) is 78.0. The zero-order valence-electron chi connectivity index (χ0n) is 22.2. The lowest BCUT2D eigenvalue weighted by Gasteiger charge is -2.15. The first-order valence-corrected chi connectivity index (χ1v) is 16.5. The number of thiocarbonyl (C=S) groups is 2. The highest BCUT2D eigenvalue weighted by atomic mass is 79.9. The van der Waals surface area contributed by atoms with E-state index in [1.165, 1.54) is 9.80 Å². The third kappa shape index (κ3) is 8.10. The van der Waals surface area contributed by atoms with E-state index in [4.69, 9.17) is 24.4 Å². The summed E-state index contributed by atoms with van der Waals surface area (Å²) < 4.78 is 1.42. The number of nitrogens with zero attached hydrogens (tertiary/aromatic N) is 2. The van der Waals surface area contributed by atoms with Crippen molar-refractivity contribution in [3.05, 3.63) is 78.4 Å². The van der Waals surface area contributed by atoms with Gasteiger partial charge in [0.2, 0.25) is 11.8 Å². The maximum absolute atomic E-state index is 13.1. The quantitative estimate of drug-likeness (QED) is 0.178. The Morgan fingerprint density at radius 3 is 1.36 bits per heavy atom. The number of rotatable bonds is 8. The second-order valence-corrected chi connectivity index (χ2v) is 13.8. The fourth-order valence-corrected chi connectivity index (χ4v) is 7.39. The number of carbonyl (C=O) groups is 6. The molecule has 0 spiro atoms.